The molecule has 2 amide bonds. The summed E-state index contributed by atoms with van der Waals surface area (Å²) in [5.41, 5.74) is 4.01. The molecule has 0 aliphatic carbocycles. The van der Waals surface area contributed by atoms with Crippen LogP contribution in [-0.4, -0.2) is 52.9 Å². The summed E-state index contributed by atoms with van der Waals surface area (Å²) in [4.78, 5) is 35.5. The molecular formula is C30H34N4O3. The number of carbonyl (C=O) groups is 2. The molecule has 0 radical (unpaired) electrons. The molecule has 1 saturated heterocycles. The minimum atomic E-state index is -0.660. The molecular weight excluding hydrogens is 464 g/mol. The van der Waals surface area contributed by atoms with E-state index >= 15 is 0 Å². The lowest BCUT2D eigenvalue weighted by Gasteiger charge is -2.51. The van der Waals surface area contributed by atoms with Crippen molar-refractivity contribution in [3.8, 4) is 17.6 Å². The van der Waals surface area contributed by atoms with Crippen LogP contribution in [0.4, 0.5) is 0 Å². The number of methoxy groups -OCH3 is 1. The van der Waals surface area contributed by atoms with Crippen molar-refractivity contribution in [1.82, 2.24) is 20.2 Å². The number of aromatic nitrogens is 2. The summed E-state index contributed by atoms with van der Waals surface area (Å²) in [5.74, 6) is 6.76. The second kappa shape index (κ2) is 11.8. The molecule has 0 saturated carbocycles. The van der Waals surface area contributed by atoms with Gasteiger partial charge in [0.05, 0.1) is 19.1 Å². The molecule has 7 heteroatoms. The number of nitrogens with zero attached hydrogens (tertiary/aromatic N) is 2. The van der Waals surface area contributed by atoms with Gasteiger partial charge < -0.3 is 19.9 Å². The van der Waals surface area contributed by atoms with Gasteiger partial charge >= 0.3 is 0 Å². The zero-order valence-corrected chi connectivity index (χ0v) is 21.7. The Labute approximate surface area is 218 Å². The van der Waals surface area contributed by atoms with Gasteiger partial charge in [0.15, 0.2) is 0 Å². The van der Waals surface area contributed by atoms with E-state index in [9.17, 15) is 9.59 Å². The smallest absolute Gasteiger partial charge is 0.245 e. The highest BCUT2D eigenvalue weighted by atomic mass is 16.5. The van der Waals surface area contributed by atoms with E-state index in [0.717, 1.165) is 17.0 Å². The van der Waals surface area contributed by atoms with Crippen molar-refractivity contribution in [2.75, 3.05) is 20.2 Å². The van der Waals surface area contributed by atoms with Gasteiger partial charge in [0.2, 0.25) is 11.8 Å². The first kappa shape index (κ1) is 26.0. The van der Waals surface area contributed by atoms with Crippen LogP contribution >= 0.6 is 0 Å². The average Bonchev–Trinajstić information content (AvgIpc) is 3.41. The standard InChI is InChI=1S/C30H34N4O3/c1-4-5-16-30(26-9-7-6-8-22(26)2)19-34(20-30)29(36)27(17-23-10-13-25(37-3)14-11-23)33-28(35)15-12-24-18-31-21-32-24/h6-11,13-14,18,21,27H,12,15-17,19-20H2,1-3H3,(H,31,32)(H,33,35). The van der Waals surface area contributed by atoms with Crippen molar-refractivity contribution in [2.24, 2.45) is 0 Å². The van der Waals surface area contributed by atoms with Crippen LogP contribution in [-0.2, 0) is 27.8 Å². The summed E-state index contributed by atoms with van der Waals surface area (Å²) in [6.07, 6.45) is 5.23. The fourth-order valence-electron chi connectivity index (χ4n) is 5.00. The maximum absolute atomic E-state index is 13.7. The molecule has 37 heavy (non-hydrogen) atoms. The predicted octanol–water partition coefficient (Wildman–Crippen LogP) is 3.58. The van der Waals surface area contributed by atoms with Crippen LogP contribution in [0.3, 0.4) is 0 Å². The second-order valence-corrected chi connectivity index (χ2v) is 9.63. The van der Waals surface area contributed by atoms with Gasteiger partial charge in [-0.25, -0.2) is 4.98 Å². The summed E-state index contributed by atoms with van der Waals surface area (Å²) < 4.78 is 5.26. The third-order valence-corrected chi connectivity index (χ3v) is 7.01. The topological polar surface area (TPSA) is 87.3 Å². The van der Waals surface area contributed by atoms with Crippen LogP contribution < -0.4 is 10.1 Å². The summed E-state index contributed by atoms with van der Waals surface area (Å²) in [5, 5.41) is 3.00. The molecule has 0 spiro atoms. The zero-order valence-electron chi connectivity index (χ0n) is 21.7. The predicted molar refractivity (Wildman–Crippen MR) is 143 cm³/mol. The molecule has 2 heterocycles. The minimum Gasteiger partial charge on any atom is -0.497 e. The van der Waals surface area contributed by atoms with Gasteiger partial charge in [-0.3, -0.25) is 9.59 Å². The number of hydrogen-bond donors (Lipinski definition) is 2. The molecule has 1 atom stereocenters. The van der Waals surface area contributed by atoms with Gasteiger partial charge in [-0.15, -0.1) is 11.8 Å². The molecule has 1 fully saturated rings. The Morgan fingerprint density at radius 1 is 1.19 bits per heavy atom. The van der Waals surface area contributed by atoms with Gasteiger partial charge in [-0.05, 0) is 49.1 Å². The molecule has 1 unspecified atom stereocenters. The number of amides is 2. The number of H-pyrrole nitrogens is 1. The molecule has 4 rings (SSSR count). The first-order valence-corrected chi connectivity index (χ1v) is 12.6. The summed E-state index contributed by atoms with van der Waals surface area (Å²) in [7, 11) is 1.62. The molecule has 7 nitrogen and oxygen atoms in total. The number of likely N-dealkylation sites (tertiary alicyclic amines) is 1. The van der Waals surface area contributed by atoms with Crippen molar-refractivity contribution in [2.45, 2.75) is 51.0 Å². The molecule has 2 aromatic carbocycles. The highest BCUT2D eigenvalue weighted by Gasteiger charge is 2.47. The van der Waals surface area contributed by atoms with Gasteiger partial charge in [0.1, 0.15) is 11.8 Å². The third-order valence-electron chi connectivity index (χ3n) is 7.01. The van der Waals surface area contributed by atoms with Gasteiger partial charge in [-0.2, -0.15) is 0 Å². The molecule has 0 bridgehead atoms. The minimum absolute atomic E-state index is 0.0717. The first-order valence-electron chi connectivity index (χ1n) is 12.6. The fraction of sp³-hybridized carbons (Fsp3) is 0.367. The van der Waals surface area contributed by atoms with E-state index in [0.29, 0.717) is 32.4 Å². The molecule has 3 aromatic rings. The maximum Gasteiger partial charge on any atom is 0.245 e. The van der Waals surface area contributed by atoms with Crippen molar-refractivity contribution in [3.05, 3.63) is 83.4 Å². The fourth-order valence-corrected chi connectivity index (χ4v) is 5.00. The normalized spacial score (nSPS) is 14.6. The van der Waals surface area contributed by atoms with E-state index in [1.54, 1.807) is 19.6 Å². The van der Waals surface area contributed by atoms with Gasteiger partial charge in [-0.1, -0.05) is 36.4 Å². The van der Waals surface area contributed by atoms with Gasteiger partial charge in [0, 0.05) is 44.0 Å². The highest BCUT2D eigenvalue weighted by molar-refractivity contribution is 5.89. The highest BCUT2D eigenvalue weighted by Crippen LogP contribution is 2.39. The SMILES string of the molecule is CC#CCC1(c2ccccc2C)CN(C(=O)C(Cc2ccc(OC)cc2)NC(=O)CCc2c[nH]cn2)C1. The Morgan fingerprint density at radius 3 is 2.59 bits per heavy atom. The molecule has 192 valence electrons. The van der Waals surface area contributed by atoms with E-state index in [2.05, 4.69) is 46.2 Å². The Kier molecular flexibility index (Phi) is 8.29. The Balaban J connectivity index is 1.50. The second-order valence-electron chi connectivity index (χ2n) is 9.63. The summed E-state index contributed by atoms with van der Waals surface area (Å²) in [6.45, 7) is 5.10. The Bertz CT molecular complexity index is 1270. The lowest BCUT2D eigenvalue weighted by Crippen LogP contribution is -2.65. The number of rotatable bonds is 10. The average molecular weight is 499 g/mol. The van der Waals surface area contributed by atoms with Crippen LogP contribution in [0.1, 0.15) is 42.1 Å². The quantitative estimate of drug-likeness (QED) is 0.419. The first-order chi connectivity index (χ1) is 17.9. The van der Waals surface area contributed by atoms with E-state index in [1.807, 2.05) is 48.2 Å². The summed E-state index contributed by atoms with van der Waals surface area (Å²) >= 11 is 0. The Morgan fingerprint density at radius 2 is 1.95 bits per heavy atom. The summed E-state index contributed by atoms with van der Waals surface area (Å²) in [6, 6.07) is 15.3. The van der Waals surface area contributed by atoms with Crippen molar-refractivity contribution in [3.63, 3.8) is 0 Å². The maximum atomic E-state index is 13.7. The number of imidazole rings is 1. The number of carbonyl (C=O) groups excluding carboxylic acids is 2. The largest absolute Gasteiger partial charge is 0.497 e. The van der Waals surface area contributed by atoms with Crippen LogP contribution in [0.2, 0.25) is 0 Å². The monoisotopic (exact) mass is 498 g/mol. The lowest BCUT2D eigenvalue weighted by molar-refractivity contribution is -0.143. The van der Waals surface area contributed by atoms with E-state index in [1.165, 1.54) is 11.1 Å². The molecule has 1 aliphatic heterocycles. The zero-order chi connectivity index (χ0) is 26.3. The number of nitrogens with one attached hydrogen (secondary N) is 2. The van der Waals surface area contributed by atoms with E-state index in [-0.39, 0.29) is 23.7 Å². The van der Waals surface area contributed by atoms with E-state index in [4.69, 9.17) is 4.74 Å². The van der Waals surface area contributed by atoms with Crippen molar-refractivity contribution < 1.29 is 14.3 Å². The number of ether oxygens (including phenoxy) is 1. The number of aryl methyl sites for hydroxylation is 2. The lowest BCUT2D eigenvalue weighted by atomic mass is 9.69. The van der Waals surface area contributed by atoms with Gasteiger partial charge in [0.25, 0.3) is 0 Å². The van der Waals surface area contributed by atoms with Crippen LogP contribution in [0.15, 0.2) is 61.1 Å². The number of aromatic amines is 1. The van der Waals surface area contributed by atoms with Crippen LogP contribution in [0, 0.1) is 18.8 Å². The van der Waals surface area contributed by atoms with Crippen molar-refractivity contribution >= 4 is 11.8 Å². The molecule has 1 aromatic heterocycles. The molecule has 1 aliphatic rings. The number of benzene rings is 2. The number of hydrogen-bond acceptors (Lipinski definition) is 4. The van der Waals surface area contributed by atoms with E-state index < -0.39 is 6.04 Å². The Hall–Kier alpha value is -4.05. The van der Waals surface area contributed by atoms with Crippen LogP contribution in [0.5, 0.6) is 5.75 Å². The van der Waals surface area contributed by atoms with Crippen molar-refractivity contribution in [1.29, 1.82) is 0 Å². The van der Waals surface area contributed by atoms with Crippen LogP contribution in [0.25, 0.3) is 0 Å². The molecule has 2 N–H and O–H groups in total. The third kappa shape index (κ3) is 6.21.